The zero-order chi connectivity index (χ0) is 13.7. The van der Waals surface area contributed by atoms with E-state index >= 15 is 0 Å². The van der Waals surface area contributed by atoms with E-state index in [1.165, 1.54) is 19.3 Å². The molecule has 0 aliphatic heterocycles. The third-order valence-corrected chi connectivity index (χ3v) is 4.13. The Bertz CT molecular complexity index is 431. The zero-order valence-electron chi connectivity index (χ0n) is 11.7. The normalized spacial score (nSPS) is 23.0. The molecule has 0 spiro atoms. The fraction of sp³-hybridized carbons (Fsp3) is 0.562. The second-order valence-corrected chi connectivity index (χ2v) is 5.63. The van der Waals surface area contributed by atoms with Gasteiger partial charge in [0.1, 0.15) is 0 Å². The lowest BCUT2D eigenvalue weighted by molar-refractivity contribution is -0.122. The minimum atomic E-state index is 0.155. The van der Waals surface area contributed by atoms with Gasteiger partial charge in [0.05, 0.1) is 0 Å². The number of amides is 1. The molecule has 2 atom stereocenters. The van der Waals surface area contributed by atoms with Gasteiger partial charge in [-0.1, -0.05) is 38.0 Å². The Morgan fingerprint density at radius 2 is 2.05 bits per heavy atom. The molecular weight excluding hydrogens is 236 g/mol. The van der Waals surface area contributed by atoms with E-state index in [9.17, 15) is 4.79 Å². The summed E-state index contributed by atoms with van der Waals surface area (Å²) in [6.07, 6.45) is 6.14. The highest BCUT2D eigenvalue weighted by Crippen LogP contribution is 2.23. The van der Waals surface area contributed by atoms with Crippen LogP contribution in [0.1, 0.15) is 44.6 Å². The number of benzene rings is 1. The van der Waals surface area contributed by atoms with E-state index in [0.717, 1.165) is 24.1 Å². The summed E-state index contributed by atoms with van der Waals surface area (Å²) in [7, 11) is 0. The molecule has 1 aliphatic carbocycles. The molecule has 3 heteroatoms. The predicted octanol–water partition coefficient (Wildman–Crippen LogP) is 2.90. The van der Waals surface area contributed by atoms with Crippen LogP contribution in [0.15, 0.2) is 24.3 Å². The Morgan fingerprint density at radius 3 is 2.79 bits per heavy atom. The zero-order valence-corrected chi connectivity index (χ0v) is 11.7. The molecule has 0 bridgehead atoms. The minimum Gasteiger partial charge on any atom is -0.399 e. The Kier molecular flexibility index (Phi) is 4.83. The van der Waals surface area contributed by atoms with Gasteiger partial charge >= 0.3 is 0 Å². The number of nitrogens with one attached hydrogen (secondary N) is 1. The van der Waals surface area contributed by atoms with Crippen molar-refractivity contribution >= 4 is 11.6 Å². The molecule has 2 rings (SSSR count). The molecule has 1 fully saturated rings. The highest BCUT2D eigenvalue weighted by molar-refractivity contribution is 5.76. The lowest BCUT2D eigenvalue weighted by Crippen LogP contribution is -2.41. The standard InChI is InChI=1S/C16H24N2O/c1-12-6-2-5-9-15(12)18-16(19)11-10-13-7-3-4-8-14(13)17/h3-4,7-8,12,15H,2,5-6,9-11,17H2,1H3,(H,18,19). The Labute approximate surface area is 115 Å². The second kappa shape index (κ2) is 6.60. The monoisotopic (exact) mass is 260 g/mol. The third-order valence-electron chi connectivity index (χ3n) is 4.13. The number of carbonyl (C=O) groups excluding carboxylic acids is 1. The number of hydrogen-bond donors (Lipinski definition) is 2. The number of rotatable bonds is 4. The first-order chi connectivity index (χ1) is 9.16. The van der Waals surface area contributed by atoms with E-state index in [-0.39, 0.29) is 5.91 Å². The molecule has 2 unspecified atom stereocenters. The van der Waals surface area contributed by atoms with Crippen molar-refractivity contribution in [3.63, 3.8) is 0 Å². The van der Waals surface area contributed by atoms with Gasteiger partial charge in [-0.05, 0) is 36.8 Å². The molecule has 3 nitrogen and oxygen atoms in total. The quantitative estimate of drug-likeness (QED) is 0.818. The van der Waals surface area contributed by atoms with E-state index in [1.807, 2.05) is 24.3 Å². The number of para-hydroxylation sites is 1. The molecule has 1 aromatic carbocycles. The highest BCUT2D eigenvalue weighted by atomic mass is 16.1. The van der Waals surface area contributed by atoms with Crippen molar-refractivity contribution in [2.75, 3.05) is 5.73 Å². The molecule has 1 aromatic rings. The summed E-state index contributed by atoms with van der Waals surface area (Å²) in [5.41, 5.74) is 7.72. The smallest absolute Gasteiger partial charge is 0.220 e. The van der Waals surface area contributed by atoms with Gasteiger partial charge in [-0.25, -0.2) is 0 Å². The summed E-state index contributed by atoms with van der Waals surface area (Å²) in [5, 5.41) is 3.18. The average Bonchev–Trinajstić information content (AvgIpc) is 2.40. The van der Waals surface area contributed by atoms with E-state index in [2.05, 4.69) is 12.2 Å². The first-order valence-corrected chi connectivity index (χ1v) is 7.29. The molecule has 0 radical (unpaired) electrons. The lowest BCUT2D eigenvalue weighted by atomic mass is 9.86. The topological polar surface area (TPSA) is 55.1 Å². The molecule has 1 amide bonds. The van der Waals surface area contributed by atoms with Crippen LogP contribution >= 0.6 is 0 Å². The molecular formula is C16H24N2O. The lowest BCUT2D eigenvalue weighted by Gasteiger charge is -2.29. The fourth-order valence-corrected chi connectivity index (χ4v) is 2.82. The fourth-order valence-electron chi connectivity index (χ4n) is 2.82. The van der Waals surface area contributed by atoms with Gasteiger partial charge in [0, 0.05) is 18.2 Å². The van der Waals surface area contributed by atoms with E-state index in [0.29, 0.717) is 18.4 Å². The summed E-state index contributed by atoms with van der Waals surface area (Å²) < 4.78 is 0. The molecule has 1 saturated carbocycles. The summed E-state index contributed by atoms with van der Waals surface area (Å²) in [6, 6.07) is 8.13. The number of carbonyl (C=O) groups is 1. The molecule has 104 valence electrons. The van der Waals surface area contributed by atoms with Gasteiger partial charge in [-0.15, -0.1) is 0 Å². The first-order valence-electron chi connectivity index (χ1n) is 7.29. The molecule has 1 aliphatic rings. The Hall–Kier alpha value is -1.51. The third kappa shape index (κ3) is 3.98. The maximum atomic E-state index is 12.0. The van der Waals surface area contributed by atoms with Crippen molar-refractivity contribution < 1.29 is 4.79 Å². The summed E-state index contributed by atoms with van der Waals surface area (Å²) >= 11 is 0. The van der Waals surface area contributed by atoms with Crippen molar-refractivity contribution in [1.29, 1.82) is 0 Å². The average molecular weight is 260 g/mol. The predicted molar refractivity (Wildman–Crippen MR) is 78.7 cm³/mol. The van der Waals surface area contributed by atoms with Crippen molar-refractivity contribution in [2.24, 2.45) is 5.92 Å². The second-order valence-electron chi connectivity index (χ2n) is 5.63. The van der Waals surface area contributed by atoms with Gasteiger partial charge in [-0.2, -0.15) is 0 Å². The number of hydrogen-bond acceptors (Lipinski definition) is 2. The van der Waals surface area contributed by atoms with Crippen molar-refractivity contribution in [1.82, 2.24) is 5.32 Å². The number of nitrogen functional groups attached to an aromatic ring is 1. The van der Waals surface area contributed by atoms with Gasteiger partial charge in [0.2, 0.25) is 5.91 Å². The van der Waals surface area contributed by atoms with Crippen LogP contribution in [0, 0.1) is 5.92 Å². The van der Waals surface area contributed by atoms with Crippen LogP contribution in [-0.4, -0.2) is 11.9 Å². The van der Waals surface area contributed by atoms with E-state index in [1.54, 1.807) is 0 Å². The van der Waals surface area contributed by atoms with Crippen LogP contribution in [0.4, 0.5) is 5.69 Å². The number of anilines is 1. The summed E-state index contributed by atoms with van der Waals surface area (Å²) in [6.45, 7) is 2.24. The summed E-state index contributed by atoms with van der Waals surface area (Å²) in [5.74, 6) is 0.765. The minimum absolute atomic E-state index is 0.155. The van der Waals surface area contributed by atoms with Gasteiger partial charge in [0.25, 0.3) is 0 Å². The molecule has 0 heterocycles. The van der Waals surface area contributed by atoms with Crippen LogP contribution in [0.25, 0.3) is 0 Å². The maximum Gasteiger partial charge on any atom is 0.220 e. The van der Waals surface area contributed by atoms with Gasteiger partial charge < -0.3 is 11.1 Å². The Balaban J connectivity index is 1.80. The van der Waals surface area contributed by atoms with Crippen molar-refractivity contribution in [3.05, 3.63) is 29.8 Å². The van der Waals surface area contributed by atoms with Crippen LogP contribution in [0.5, 0.6) is 0 Å². The Morgan fingerprint density at radius 1 is 1.32 bits per heavy atom. The van der Waals surface area contributed by atoms with Crippen molar-refractivity contribution in [3.8, 4) is 0 Å². The number of nitrogens with two attached hydrogens (primary N) is 1. The van der Waals surface area contributed by atoms with E-state index < -0.39 is 0 Å². The molecule has 0 saturated heterocycles. The number of aryl methyl sites for hydroxylation is 1. The van der Waals surface area contributed by atoms with Crippen molar-refractivity contribution in [2.45, 2.75) is 51.5 Å². The SMILES string of the molecule is CC1CCCCC1NC(=O)CCc1ccccc1N. The summed E-state index contributed by atoms with van der Waals surface area (Å²) in [4.78, 5) is 12.0. The van der Waals surface area contributed by atoms with Crippen LogP contribution in [-0.2, 0) is 11.2 Å². The van der Waals surface area contributed by atoms with Crippen LogP contribution < -0.4 is 11.1 Å². The highest BCUT2D eigenvalue weighted by Gasteiger charge is 2.22. The van der Waals surface area contributed by atoms with E-state index in [4.69, 9.17) is 5.73 Å². The maximum absolute atomic E-state index is 12.0. The molecule has 0 aromatic heterocycles. The molecule has 3 N–H and O–H groups in total. The van der Waals surface area contributed by atoms with Gasteiger partial charge in [-0.3, -0.25) is 4.79 Å². The largest absolute Gasteiger partial charge is 0.399 e. The van der Waals surface area contributed by atoms with Gasteiger partial charge in [0.15, 0.2) is 0 Å². The van der Waals surface area contributed by atoms with Crippen LogP contribution in [0.2, 0.25) is 0 Å². The van der Waals surface area contributed by atoms with Crippen LogP contribution in [0.3, 0.4) is 0 Å². The first kappa shape index (κ1) is 13.9. The molecule has 19 heavy (non-hydrogen) atoms.